The predicted molar refractivity (Wildman–Crippen MR) is 79.8 cm³/mol. The van der Waals surface area contributed by atoms with Crippen molar-refractivity contribution >= 4 is 11.6 Å². The summed E-state index contributed by atoms with van der Waals surface area (Å²) in [4.78, 5) is 14.4. The average molecular weight is 277 g/mol. The first-order valence-electron chi connectivity index (χ1n) is 7.11. The molecule has 0 bridgehead atoms. The van der Waals surface area contributed by atoms with Gasteiger partial charge in [0.25, 0.3) is 5.91 Å². The summed E-state index contributed by atoms with van der Waals surface area (Å²) >= 11 is 0. The summed E-state index contributed by atoms with van der Waals surface area (Å²) in [5, 5.41) is 2.96. The maximum Gasteiger partial charge on any atom is 0.251 e. The Bertz CT molecular complexity index is 456. The Hall–Kier alpha value is -1.59. The summed E-state index contributed by atoms with van der Waals surface area (Å²) in [6.45, 7) is 7.22. The smallest absolute Gasteiger partial charge is 0.251 e. The number of nitrogens with two attached hydrogens (primary N) is 1. The van der Waals surface area contributed by atoms with E-state index in [1.54, 1.807) is 12.1 Å². The van der Waals surface area contributed by atoms with Crippen molar-refractivity contribution in [2.24, 2.45) is 0 Å². The van der Waals surface area contributed by atoms with Crippen molar-refractivity contribution < 1.29 is 9.53 Å². The number of amides is 1. The van der Waals surface area contributed by atoms with Gasteiger partial charge in [-0.25, -0.2) is 0 Å². The van der Waals surface area contributed by atoms with Gasteiger partial charge in [-0.2, -0.15) is 0 Å². The van der Waals surface area contributed by atoms with Gasteiger partial charge in [0.15, 0.2) is 0 Å². The van der Waals surface area contributed by atoms with Crippen LogP contribution in [-0.2, 0) is 4.74 Å². The minimum absolute atomic E-state index is 0.0236. The van der Waals surface area contributed by atoms with Gasteiger partial charge in [-0.3, -0.25) is 9.69 Å². The molecule has 1 aromatic carbocycles. The van der Waals surface area contributed by atoms with E-state index in [0.717, 1.165) is 44.8 Å². The van der Waals surface area contributed by atoms with Crippen LogP contribution >= 0.6 is 0 Å². The predicted octanol–water partition coefficient (Wildman–Crippen LogP) is 1.03. The van der Waals surface area contributed by atoms with Gasteiger partial charge >= 0.3 is 0 Å². The molecule has 5 heteroatoms. The highest BCUT2D eigenvalue weighted by atomic mass is 16.5. The van der Waals surface area contributed by atoms with Crippen LogP contribution in [0.15, 0.2) is 18.2 Å². The van der Waals surface area contributed by atoms with Crippen LogP contribution in [-0.4, -0.2) is 50.2 Å². The summed E-state index contributed by atoms with van der Waals surface area (Å²) in [7, 11) is 0. The quantitative estimate of drug-likeness (QED) is 0.623. The number of aryl methyl sites for hydroxylation is 1. The number of carbonyl (C=O) groups excluding carboxylic acids is 1. The second-order valence-electron chi connectivity index (χ2n) is 5.14. The number of anilines is 1. The second-order valence-corrected chi connectivity index (χ2v) is 5.14. The SMILES string of the molecule is Cc1cc(N)ccc1C(=O)NCCCN1CCOCC1. The minimum atomic E-state index is -0.0236. The van der Waals surface area contributed by atoms with Gasteiger partial charge in [-0.05, 0) is 43.7 Å². The van der Waals surface area contributed by atoms with Crippen LogP contribution in [0.4, 0.5) is 5.69 Å². The van der Waals surface area contributed by atoms with E-state index in [0.29, 0.717) is 17.8 Å². The summed E-state index contributed by atoms with van der Waals surface area (Å²) < 4.78 is 5.30. The van der Waals surface area contributed by atoms with E-state index in [1.807, 2.05) is 13.0 Å². The Morgan fingerprint density at radius 1 is 1.40 bits per heavy atom. The number of carbonyl (C=O) groups is 1. The lowest BCUT2D eigenvalue weighted by atomic mass is 10.1. The third kappa shape index (κ3) is 4.21. The zero-order valence-electron chi connectivity index (χ0n) is 12.0. The molecule has 1 saturated heterocycles. The number of hydrogen-bond donors (Lipinski definition) is 2. The number of rotatable bonds is 5. The number of morpholine rings is 1. The van der Waals surface area contributed by atoms with Crippen LogP contribution < -0.4 is 11.1 Å². The molecule has 1 aromatic rings. The van der Waals surface area contributed by atoms with Crippen LogP contribution in [0.25, 0.3) is 0 Å². The highest BCUT2D eigenvalue weighted by molar-refractivity contribution is 5.95. The number of hydrogen-bond acceptors (Lipinski definition) is 4. The van der Waals surface area contributed by atoms with Crippen molar-refractivity contribution in [3.63, 3.8) is 0 Å². The van der Waals surface area contributed by atoms with Gasteiger partial charge in [0.1, 0.15) is 0 Å². The molecular weight excluding hydrogens is 254 g/mol. The third-order valence-electron chi connectivity index (χ3n) is 3.54. The number of benzene rings is 1. The van der Waals surface area contributed by atoms with Crippen LogP contribution in [0.2, 0.25) is 0 Å². The molecule has 110 valence electrons. The molecule has 20 heavy (non-hydrogen) atoms. The first kappa shape index (κ1) is 14.8. The van der Waals surface area contributed by atoms with Crippen LogP contribution in [0.3, 0.4) is 0 Å². The standard InChI is InChI=1S/C15H23N3O2/c1-12-11-13(16)3-4-14(12)15(19)17-5-2-6-18-7-9-20-10-8-18/h3-4,11H,2,5-10,16H2,1H3,(H,17,19). The molecule has 0 unspecified atom stereocenters. The molecule has 1 fully saturated rings. The normalized spacial score (nSPS) is 16.1. The van der Waals surface area contributed by atoms with Gasteiger partial charge < -0.3 is 15.8 Å². The Kier molecular flexibility index (Phi) is 5.38. The molecule has 0 saturated carbocycles. The maximum atomic E-state index is 12.0. The molecule has 2 rings (SSSR count). The van der Waals surface area contributed by atoms with Crippen molar-refractivity contribution in [1.82, 2.24) is 10.2 Å². The molecule has 1 heterocycles. The fraction of sp³-hybridized carbons (Fsp3) is 0.533. The average Bonchev–Trinajstić information content (AvgIpc) is 2.44. The van der Waals surface area contributed by atoms with E-state index in [-0.39, 0.29) is 5.91 Å². The highest BCUT2D eigenvalue weighted by Crippen LogP contribution is 2.12. The number of nitrogens with one attached hydrogen (secondary N) is 1. The first-order chi connectivity index (χ1) is 9.66. The monoisotopic (exact) mass is 277 g/mol. The Morgan fingerprint density at radius 2 is 2.15 bits per heavy atom. The van der Waals surface area contributed by atoms with E-state index in [1.165, 1.54) is 0 Å². The lowest BCUT2D eigenvalue weighted by Gasteiger charge is -2.26. The topological polar surface area (TPSA) is 67.6 Å². The summed E-state index contributed by atoms with van der Waals surface area (Å²) in [6, 6.07) is 5.36. The first-order valence-corrected chi connectivity index (χ1v) is 7.11. The minimum Gasteiger partial charge on any atom is -0.399 e. The molecular formula is C15H23N3O2. The van der Waals surface area contributed by atoms with Gasteiger partial charge in [-0.1, -0.05) is 0 Å². The van der Waals surface area contributed by atoms with Crippen LogP contribution in [0.1, 0.15) is 22.3 Å². The summed E-state index contributed by atoms with van der Waals surface area (Å²) in [6.07, 6.45) is 0.958. The number of nitrogen functional groups attached to an aromatic ring is 1. The number of nitrogens with zero attached hydrogens (tertiary/aromatic N) is 1. The molecule has 0 radical (unpaired) electrons. The van der Waals surface area contributed by atoms with Crippen molar-refractivity contribution in [3.05, 3.63) is 29.3 Å². The lowest BCUT2D eigenvalue weighted by molar-refractivity contribution is 0.0374. The molecule has 0 aliphatic carbocycles. The van der Waals surface area contributed by atoms with E-state index < -0.39 is 0 Å². The van der Waals surface area contributed by atoms with E-state index in [9.17, 15) is 4.79 Å². The molecule has 1 aliphatic rings. The molecule has 5 nitrogen and oxygen atoms in total. The Morgan fingerprint density at radius 3 is 2.85 bits per heavy atom. The fourth-order valence-electron chi connectivity index (χ4n) is 2.37. The largest absolute Gasteiger partial charge is 0.399 e. The lowest BCUT2D eigenvalue weighted by Crippen LogP contribution is -2.38. The van der Waals surface area contributed by atoms with E-state index >= 15 is 0 Å². The molecule has 1 amide bonds. The molecule has 3 N–H and O–H groups in total. The molecule has 1 aliphatic heterocycles. The Balaban J connectivity index is 1.72. The zero-order valence-corrected chi connectivity index (χ0v) is 12.0. The van der Waals surface area contributed by atoms with Gasteiger partial charge in [0.2, 0.25) is 0 Å². The Labute approximate surface area is 120 Å². The fourth-order valence-corrected chi connectivity index (χ4v) is 2.37. The van der Waals surface area contributed by atoms with Crippen LogP contribution in [0, 0.1) is 6.92 Å². The van der Waals surface area contributed by atoms with Gasteiger partial charge in [0, 0.05) is 30.9 Å². The molecule has 0 aromatic heterocycles. The highest BCUT2D eigenvalue weighted by Gasteiger charge is 2.11. The molecule has 0 atom stereocenters. The maximum absolute atomic E-state index is 12.0. The summed E-state index contributed by atoms with van der Waals surface area (Å²) in [5.74, 6) is -0.0236. The van der Waals surface area contributed by atoms with Gasteiger partial charge in [-0.15, -0.1) is 0 Å². The van der Waals surface area contributed by atoms with E-state index in [2.05, 4.69) is 10.2 Å². The third-order valence-corrected chi connectivity index (χ3v) is 3.54. The van der Waals surface area contributed by atoms with Crippen molar-refractivity contribution in [2.45, 2.75) is 13.3 Å². The molecule has 0 spiro atoms. The number of ether oxygens (including phenoxy) is 1. The van der Waals surface area contributed by atoms with Gasteiger partial charge in [0.05, 0.1) is 13.2 Å². The zero-order chi connectivity index (χ0) is 14.4. The van der Waals surface area contributed by atoms with Crippen molar-refractivity contribution in [2.75, 3.05) is 45.1 Å². The summed E-state index contributed by atoms with van der Waals surface area (Å²) in [5.41, 5.74) is 7.98. The van der Waals surface area contributed by atoms with Crippen molar-refractivity contribution in [1.29, 1.82) is 0 Å². The van der Waals surface area contributed by atoms with Crippen molar-refractivity contribution in [3.8, 4) is 0 Å². The van der Waals surface area contributed by atoms with Crippen LogP contribution in [0.5, 0.6) is 0 Å². The second kappa shape index (κ2) is 7.26. The van der Waals surface area contributed by atoms with E-state index in [4.69, 9.17) is 10.5 Å².